The Hall–Kier alpha value is -2.08. The van der Waals surface area contributed by atoms with Crippen molar-refractivity contribution in [1.82, 2.24) is 0 Å². The van der Waals surface area contributed by atoms with E-state index in [2.05, 4.69) is 93.0 Å². The Morgan fingerprint density at radius 2 is 1.37 bits per heavy atom. The van der Waals surface area contributed by atoms with Crippen LogP contribution in [0, 0.1) is 0 Å². The molecule has 0 saturated heterocycles. The number of allylic oxidation sites excluding steroid dienone is 4. The molecule has 0 bridgehead atoms. The van der Waals surface area contributed by atoms with Crippen LogP contribution < -0.4 is 77.8 Å². The topological polar surface area (TPSA) is 125 Å². The van der Waals surface area contributed by atoms with Gasteiger partial charge in [0.1, 0.15) is 0 Å². The van der Waals surface area contributed by atoms with Gasteiger partial charge in [0, 0.05) is 0 Å². The van der Waals surface area contributed by atoms with Gasteiger partial charge in [-0.15, -0.1) is 0 Å². The summed E-state index contributed by atoms with van der Waals surface area (Å²) in [5.74, 6) is -1.18. The predicted octanol–water partition coefficient (Wildman–Crippen LogP) is 0.743. The van der Waals surface area contributed by atoms with E-state index < -0.39 is 5.97 Å². The molecule has 2 aliphatic rings. The zero-order chi connectivity index (χ0) is 32.8. The second-order valence-electron chi connectivity index (χ2n) is 10.1. The van der Waals surface area contributed by atoms with Crippen molar-refractivity contribution < 1.29 is 110 Å². The van der Waals surface area contributed by atoms with E-state index in [1.165, 1.54) is 28.8 Å². The van der Waals surface area contributed by atoms with Gasteiger partial charge in [0.05, 0.1) is 0 Å². The Morgan fingerprint density at radius 3 is 1.94 bits per heavy atom. The fraction of sp³-hybridized carbons (Fsp3) is 0. The maximum atomic E-state index is 12.4. The number of carboxylic acids is 1. The molecule has 0 spiro atoms. The molecule has 49 heavy (non-hydrogen) atoms. The SMILES string of the molecule is C=C/C=C/C=C(c1ccccc1)c1ccccc1.O.O=C([O-])c1ccccc1-c1c2cc(Br)c(=O)cc-2oc2[c]([Hg])c([O-])c(Br)cc12.[Na+].[Na+]. The van der Waals surface area contributed by atoms with Gasteiger partial charge < -0.3 is 5.48 Å². The molecule has 0 amide bonds. The second-order valence-corrected chi connectivity index (χ2v) is 14.5. The van der Waals surface area contributed by atoms with E-state index in [1.807, 2.05) is 24.3 Å². The van der Waals surface area contributed by atoms with Gasteiger partial charge in [-0.25, -0.2) is 0 Å². The van der Waals surface area contributed by atoms with Crippen LogP contribution in [0.25, 0.3) is 39.0 Å². The Bertz CT molecular complexity index is 2130. The van der Waals surface area contributed by atoms with Crippen LogP contribution in [-0.2, 0) is 26.1 Å². The summed E-state index contributed by atoms with van der Waals surface area (Å²) in [6, 6.07) is 31.9. The van der Waals surface area contributed by atoms with E-state index in [-0.39, 0.29) is 113 Å². The molecule has 4 aromatic rings. The van der Waals surface area contributed by atoms with Crippen molar-refractivity contribution in [2.75, 3.05) is 0 Å². The summed E-state index contributed by atoms with van der Waals surface area (Å²) in [7, 11) is 0. The Morgan fingerprint density at radius 1 is 0.796 bits per heavy atom. The van der Waals surface area contributed by atoms with Crippen molar-refractivity contribution in [2.45, 2.75) is 0 Å². The van der Waals surface area contributed by atoms with Crippen molar-refractivity contribution in [3.63, 3.8) is 0 Å². The molecule has 0 fully saturated rings. The van der Waals surface area contributed by atoms with Crippen LogP contribution in [0.4, 0.5) is 0 Å². The minimum Gasteiger partial charge on any atom is 1.00 e. The maximum absolute atomic E-state index is 12.4. The van der Waals surface area contributed by atoms with E-state index in [9.17, 15) is 19.8 Å². The van der Waals surface area contributed by atoms with Crippen LogP contribution in [-0.4, -0.2) is 11.4 Å². The predicted molar refractivity (Wildman–Crippen MR) is 186 cm³/mol. The Labute approximate surface area is 361 Å². The Kier molecular flexibility index (Phi) is 17.7. The van der Waals surface area contributed by atoms with Crippen LogP contribution >= 0.6 is 31.9 Å². The number of carbonyl (C=O) groups is 1. The van der Waals surface area contributed by atoms with Crippen LogP contribution in [0.2, 0.25) is 0 Å². The number of rotatable bonds is 6. The van der Waals surface area contributed by atoms with Crippen molar-refractivity contribution in [1.29, 1.82) is 0 Å². The molecule has 0 saturated carbocycles. The fourth-order valence-electron chi connectivity index (χ4n) is 5.03. The summed E-state index contributed by atoms with van der Waals surface area (Å²) in [5, 5.41) is 24.8. The van der Waals surface area contributed by atoms with Gasteiger partial charge in [0.25, 0.3) is 0 Å². The molecular formula is C38H25Br2HgNa2O6. The van der Waals surface area contributed by atoms with Gasteiger partial charge in [-0.05, 0) is 16.7 Å². The third-order valence-corrected chi connectivity index (χ3v) is 10.9. The molecule has 1 heterocycles. The number of halogens is 2. The first-order valence-corrected chi connectivity index (χ1v) is 18.4. The van der Waals surface area contributed by atoms with Gasteiger partial charge in [-0.3, -0.25) is 0 Å². The average Bonchev–Trinajstić information content (AvgIpc) is 3.07. The maximum Gasteiger partial charge on any atom is 1.00 e. The second kappa shape index (κ2) is 20.1. The molecule has 231 valence electrons. The van der Waals surface area contributed by atoms with Gasteiger partial charge in [0.15, 0.2) is 0 Å². The number of hydrogen-bond acceptors (Lipinski definition) is 5. The van der Waals surface area contributed by atoms with Crippen molar-refractivity contribution in [3.8, 4) is 28.2 Å². The van der Waals surface area contributed by atoms with Crippen molar-refractivity contribution in [2.24, 2.45) is 0 Å². The van der Waals surface area contributed by atoms with E-state index in [1.54, 1.807) is 36.4 Å². The number of benzene rings is 5. The summed E-state index contributed by atoms with van der Waals surface area (Å²) in [4.78, 5) is 23.9. The van der Waals surface area contributed by atoms with E-state index >= 15 is 0 Å². The molecule has 0 aromatic heterocycles. The third-order valence-electron chi connectivity index (χ3n) is 7.16. The summed E-state index contributed by atoms with van der Waals surface area (Å²) in [6.45, 7) is 3.69. The summed E-state index contributed by atoms with van der Waals surface area (Å²) in [6.07, 6.45) is 7.85. The van der Waals surface area contributed by atoms with Crippen molar-refractivity contribution in [3.05, 3.63) is 170 Å². The van der Waals surface area contributed by atoms with E-state index in [0.717, 1.165) is 0 Å². The third kappa shape index (κ3) is 10.0. The molecule has 1 aliphatic heterocycles. The van der Waals surface area contributed by atoms with Gasteiger partial charge in [-0.2, -0.15) is 0 Å². The molecule has 0 radical (unpaired) electrons. The first-order chi connectivity index (χ1) is 22.2. The van der Waals surface area contributed by atoms with Crippen LogP contribution in [0.3, 0.4) is 0 Å². The zero-order valence-corrected chi connectivity index (χ0v) is 39.5. The molecule has 6 nitrogen and oxygen atoms in total. The molecule has 2 N–H and O–H groups in total. The molecule has 0 unspecified atom stereocenters. The number of aromatic carboxylic acids is 1. The van der Waals surface area contributed by atoms with E-state index in [4.69, 9.17) is 4.42 Å². The van der Waals surface area contributed by atoms with E-state index in [0.29, 0.717) is 39.7 Å². The van der Waals surface area contributed by atoms with Gasteiger partial charge in [-0.1, -0.05) is 91.5 Å². The molecule has 6 rings (SSSR count). The first kappa shape index (κ1) is 43.1. The zero-order valence-electron chi connectivity index (χ0n) is 26.8. The number of carboxylic acid groups (broad SMARTS) is 1. The number of carbonyl (C=O) groups excluding carboxylic acids is 1. The largest absolute Gasteiger partial charge is 1.00 e. The molecule has 0 atom stereocenters. The number of fused-ring (bicyclic) bond motifs is 2. The molecular weight excluding hydrogens is 959 g/mol. The molecule has 4 aromatic carbocycles. The summed E-state index contributed by atoms with van der Waals surface area (Å²) < 4.78 is 7.22. The standard InChI is InChI=1S/C20H9Br2O5.C18H16.Hg.2Na.H2O/c21-13-5-11-17(7-15(13)23)27-18-8-16(24)14(22)6-12(18)19(11)9-3-1-2-4-10(9)20(25)26;1-2-3-6-15-18(16-11-7-4-8-12-16)17-13-9-5-10-14-17;;;;/h1-7,24H,(H,25,26);2-15H,1H2;;;;1H2/q;;;2*+1;/p-2/b;6-3+;;;;. The quantitative estimate of drug-likeness (QED) is 0.139. The first-order valence-electron chi connectivity index (χ1n) is 14.0. The van der Waals surface area contributed by atoms with Crippen LogP contribution in [0.5, 0.6) is 5.75 Å². The molecule has 11 heteroatoms. The number of hydrogen-bond donors (Lipinski definition) is 0. The minimum absolute atomic E-state index is 0. The summed E-state index contributed by atoms with van der Waals surface area (Å²) in [5.41, 5.74) is 5.35. The molecule has 1 aliphatic carbocycles. The minimum atomic E-state index is -1.31. The normalized spacial score (nSPS) is 10.2. The Balaban J connectivity index is 0.000000348. The van der Waals surface area contributed by atoms with Gasteiger partial charge in [0.2, 0.25) is 0 Å². The van der Waals surface area contributed by atoms with Crippen LogP contribution in [0.15, 0.2) is 152 Å². The smallest absolute Gasteiger partial charge is 1.00 e. The van der Waals surface area contributed by atoms with Crippen molar-refractivity contribution >= 4 is 57.4 Å². The monoisotopic (exact) mass is 983 g/mol. The fourth-order valence-corrected chi connectivity index (χ4v) is 8.61. The average molecular weight is 984 g/mol. The van der Waals surface area contributed by atoms with Gasteiger partial charge >= 0.3 is 252 Å². The summed E-state index contributed by atoms with van der Waals surface area (Å²) >= 11 is 6.47. The van der Waals surface area contributed by atoms with Crippen LogP contribution in [0.1, 0.15) is 21.5 Å².